The fourth-order valence-electron chi connectivity index (χ4n) is 1.73. The molecule has 0 heterocycles. The lowest BCUT2D eigenvalue weighted by Crippen LogP contribution is -2.11. The Balaban J connectivity index is 2.33. The highest BCUT2D eigenvalue weighted by atomic mass is 79.9. The van der Waals surface area contributed by atoms with Crippen LogP contribution in [0.3, 0.4) is 0 Å². The molecular weight excluding hydrogens is 278 g/mol. The minimum atomic E-state index is -0.136. The highest BCUT2D eigenvalue weighted by Gasteiger charge is 2.09. The van der Waals surface area contributed by atoms with Gasteiger partial charge in [0.2, 0.25) is 0 Å². The molecule has 2 N–H and O–H groups in total. The van der Waals surface area contributed by atoms with Gasteiger partial charge in [-0.1, -0.05) is 40.2 Å². The van der Waals surface area contributed by atoms with Crippen LogP contribution in [-0.4, -0.2) is 7.11 Å². The second-order valence-corrected chi connectivity index (χ2v) is 4.72. The summed E-state index contributed by atoms with van der Waals surface area (Å²) in [5.41, 5.74) is 8.35. The molecule has 0 aromatic heterocycles. The van der Waals surface area contributed by atoms with Crippen molar-refractivity contribution in [3.63, 3.8) is 0 Å². The fraction of sp³-hybridized carbons (Fsp3) is 0.143. The second kappa shape index (κ2) is 5.34. The van der Waals surface area contributed by atoms with Crippen LogP contribution in [0.5, 0.6) is 5.75 Å². The van der Waals surface area contributed by atoms with Gasteiger partial charge in [0.25, 0.3) is 0 Å². The van der Waals surface area contributed by atoms with E-state index >= 15 is 0 Å². The average Bonchev–Trinajstić information content (AvgIpc) is 2.38. The van der Waals surface area contributed by atoms with Gasteiger partial charge in [-0.25, -0.2) is 0 Å². The standard InChI is InChI=1S/C14H14BrNO/c1-17-13-7-3-5-11(9-13)14(16)10-4-2-6-12(15)8-10/h2-9,14H,16H2,1H3/t14-/m1/s1. The molecule has 0 fully saturated rings. The van der Waals surface area contributed by atoms with Gasteiger partial charge in [0.15, 0.2) is 0 Å². The second-order valence-electron chi connectivity index (χ2n) is 3.81. The first-order chi connectivity index (χ1) is 8.20. The van der Waals surface area contributed by atoms with Gasteiger partial charge >= 0.3 is 0 Å². The summed E-state index contributed by atoms with van der Waals surface area (Å²) in [4.78, 5) is 0. The van der Waals surface area contributed by atoms with Crippen LogP contribution in [0.15, 0.2) is 53.0 Å². The Morgan fingerprint density at radius 1 is 1.06 bits per heavy atom. The molecule has 2 nitrogen and oxygen atoms in total. The van der Waals surface area contributed by atoms with Crippen molar-refractivity contribution in [2.75, 3.05) is 7.11 Å². The average molecular weight is 292 g/mol. The van der Waals surface area contributed by atoms with Crippen LogP contribution < -0.4 is 10.5 Å². The molecule has 2 aromatic carbocycles. The van der Waals surface area contributed by atoms with Crippen molar-refractivity contribution in [1.29, 1.82) is 0 Å². The van der Waals surface area contributed by atoms with Crippen molar-refractivity contribution >= 4 is 15.9 Å². The monoisotopic (exact) mass is 291 g/mol. The van der Waals surface area contributed by atoms with E-state index < -0.39 is 0 Å². The van der Waals surface area contributed by atoms with Crippen LogP contribution in [0.1, 0.15) is 17.2 Å². The molecule has 0 amide bonds. The number of rotatable bonds is 3. The molecule has 0 radical (unpaired) electrons. The molecule has 17 heavy (non-hydrogen) atoms. The van der Waals surface area contributed by atoms with E-state index in [0.29, 0.717) is 0 Å². The van der Waals surface area contributed by atoms with Crippen molar-refractivity contribution < 1.29 is 4.74 Å². The molecule has 0 saturated heterocycles. The molecule has 3 heteroatoms. The lowest BCUT2D eigenvalue weighted by molar-refractivity contribution is 0.414. The molecule has 2 rings (SSSR count). The third-order valence-corrected chi connectivity index (χ3v) is 3.15. The molecule has 0 aliphatic carbocycles. The first kappa shape index (κ1) is 12.1. The van der Waals surface area contributed by atoms with Crippen molar-refractivity contribution in [1.82, 2.24) is 0 Å². The van der Waals surface area contributed by atoms with Gasteiger partial charge in [0.1, 0.15) is 5.75 Å². The first-order valence-electron chi connectivity index (χ1n) is 5.35. The molecule has 0 spiro atoms. The maximum atomic E-state index is 6.23. The van der Waals surface area contributed by atoms with Crippen molar-refractivity contribution in [2.45, 2.75) is 6.04 Å². The SMILES string of the molecule is COc1cccc([C@H](N)c2cccc(Br)c2)c1. The Labute approximate surface area is 110 Å². The Bertz CT molecular complexity index is 513. The number of benzene rings is 2. The maximum absolute atomic E-state index is 6.23. The van der Waals surface area contributed by atoms with E-state index in [0.717, 1.165) is 21.3 Å². The number of ether oxygens (including phenoxy) is 1. The van der Waals surface area contributed by atoms with E-state index in [-0.39, 0.29) is 6.04 Å². The summed E-state index contributed by atoms with van der Waals surface area (Å²) in [7, 11) is 1.66. The van der Waals surface area contributed by atoms with E-state index in [1.807, 2.05) is 48.5 Å². The van der Waals surface area contributed by atoms with Crippen LogP contribution in [0.25, 0.3) is 0 Å². The zero-order chi connectivity index (χ0) is 12.3. The van der Waals surface area contributed by atoms with Gasteiger partial charge in [-0.15, -0.1) is 0 Å². The Hall–Kier alpha value is -1.32. The van der Waals surface area contributed by atoms with Crippen molar-refractivity contribution in [3.8, 4) is 5.75 Å². The summed E-state index contributed by atoms with van der Waals surface area (Å²) >= 11 is 3.45. The van der Waals surface area contributed by atoms with Crippen molar-refractivity contribution in [2.24, 2.45) is 5.73 Å². The molecule has 2 aromatic rings. The Morgan fingerprint density at radius 2 is 1.71 bits per heavy atom. The molecule has 1 atom stereocenters. The van der Waals surface area contributed by atoms with Crippen molar-refractivity contribution in [3.05, 3.63) is 64.1 Å². The summed E-state index contributed by atoms with van der Waals surface area (Å²) in [5.74, 6) is 0.827. The van der Waals surface area contributed by atoms with Gasteiger partial charge in [-0.05, 0) is 35.4 Å². The van der Waals surface area contributed by atoms with Gasteiger partial charge in [0, 0.05) is 4.47 Å². The molecule has 0 saturated carbocycles. The lowest BCUT2D eigenvalue weighted by atomic mass is 10.00. The lowest BCUT2D eigenvalue weighted by Gasteiger charge is -2.13. The van der Waals surface area contributed by atoms with Crippen LogP contribution in [0, 0.1) is 0 Å². The van der Waals surface area contributed by atoms with E-state index in [1.165, 1.54) is 0 Å². The van der Waals surface area contributed by atoms with E-state index in [1.54, 1.807) is 7.11 Å². The highest BCUT2D eigenvalue weighted by Crippen LogP contribution is 2.24. The Kier molecular flexibility index (Phi) is 3.82. The predicted molar refractivity (Wildman–Crippen MR) is 73.2 cm³/mol. The zero-order valence-electron chi connectivity index (χ0n) is 9.56. The van der Waals surface area contributed by atoms with Gasteiger partial charge in [0.05, 0.1) is 13.2 Å². The van der Waals surface area contributed by atoms with Crippen LogP contribution in [0.2, 0.25) is 0 Å². The van der Waals surface area contributed by atoms with Crippen LogP contribution in [0.4, 0.5) is 0 Å². The third-order valence-electron chi connectivity index (χ3n) is 2.66. The maximum Gasteiger partial charge on any atom is 0.119 e. The fourth-order valence-corrected chi connectivity index (χ4v) is 2.14. The topological polar surface area (TPSA) is 35.2 Å². The van der Waals surface area contributed by atoms with Crippen LogP contribution in [-0.2, 0) is 0 Å². The van der Waals surface area contributed by atoms with E-state index in [2.05, 4.69) is 15.9 Å². The quantitative estimate of drug-likeness (QED) is 0.939. The summed E-state index contributed by atoms with van der Waals surface area (Å²) in [6.07, 6.45) is 0. The predicted octanol–water partition coefficient (Wildman–Crippen LogP) is 3.51. The minimum absolute atomic E-state index is 0.136. The number of nitrogens with two attached hydrogens (primary N) is 1. The molecule has 0 bridgehead atoms. The summed E-state index contributed by atoms with van der Waals surface area (Å²) in [5, 5.41) is 0. The van der Waals surface area contributed by atoms with Crippen LogP contribution >= 0.6 is 15.9 Å². The third kappa shape index (κ3) is 2.87. The highest BCUT2D eigenvalue weighted by molar-refractivity contribution is 9.10. The van der Waals surface area contributed by atoms with E-state index in [4.69, 9.17) is 10.5 Å². The first-order valence-corrected chi connectivity index (χ1v) is 6.15. The van der Waals surface area contributed by atoms with Gasteiger partial charge < -0.3 is 10.5 Å². The Morgan fingerprint density at radius 3 is 2.35 bits per heavy atom. The summed E-state index contributed by atoms with van der Waals surface area (Å²) in [6.45, 7) is 0. The number of methoxy groups -OCH3 is 1. The van der Waals surface area contributed by atoms with Gasteiger partial charge in [-0.2, -0.15) is 0 Å². The molecule has 0 aliphatic rings. The summed E-state index contributed by atoms with van der Waals surface area (Å²) < 4.78 is 6.24. The number of hydrogen-bond donors (Lipinski definition) is 1. The zero-order valence-corrected chi connectivity index (χ0v) is 11.1. The van der Waals surface area contributed by atoms with Gasteiger partial charge in [-0.3, -0.25) is 0 Å². The number of halogens is 1. The summed E-state index contributed by atoms with van der Waals surface area (Å²) in [6, 6.07) is 15.7. The molecule has 0 unspecified atom stereocenters. The smallest absolute Gasteiger partial charge is 0.119 e. The molecule has 88 valence electrons. The molecular formula is C14H14BrNO. The minimum Gasteiger partial charge on any atom is -0.497 e. The van der Waals surface area contributed by atoms with E-state index in [9.17, 15) is 0 Å². The largest absolute Gasteiger partial charge is 0.497 e. The normalized spacial score (nSPS) is 12.2. The molecule has 0 aliphatic heterocycles. The number of hydrogen-bond acceptors (Lipinski definition) is 2.